The lowest BCUT2D eigenvalue weighted by Gasteiger charge is -2.32. The van der Waals surface area contributed by atoms with Gasteiger partial charge in [0.1, 0.15) is 25.7 Å². The maximum Gasteiger partial charge on any atom is 0.142 e. The molecule has 1 rings (SSSR count). The van der Waals surface area contributed by atoms with E-state index in [1.54, 1.807) is 21.3 Å². The molecule has 4 atom stereocenters. The van der Waals surface area contributed by atoms with Crippen molar-refractivity contribution in [3.63, 3.8) is 0 Å². The molecule has 0 bridgehead atoms. The number of methoxy groups -OCH3 is 3. The van der Waals surface area contributed by atoms with Crippen LogP contribution in [0.25, 0.3) is 0 Å². The molecule has 1 aliphatic heterocycles. The van der Waals surface area contributed by atoms with Crippen LogP contribution in [-0.4, -0.2) is 59.6 Å². The van der Waals surface area contributed by atoms with E-state index in [1.165, 1.54) is 0 Å². The van der Waals surface area contributed by atoms with Gasteiger partial charge in [0.2, 0.25) is 0 Å². The van der Waals surface area contributed by atoms with Gasteiger partial charge in [-0.25, -0.2) is 0 Å². The molecule has 1 saturated heterocycles. The minimum atomic E-state index is -0.371. The number of ether oxygens (including phenoxy) is 4. The predicted octanol–water partition coefficient (Wildman–Crippen LogP) is -0.199. The minimum absolute atomic E-state index is 0.0231. The summed E-state index contributed by atoms with van der Waals surface area (Å²) in [6.45, 7) is 2.61. The van der Waals surface area contributed by atoms with E-state index in [2.05, 4.69) is 6.92 Å². The molecular weight excluding hydrogens is 195 g/mol. The molecule has 0 spiro atoms. The summed E-state index contributed by atoms with van der Waals surface area (Å²) in [6, 6.07) is 0.0371. The molecule has 4 nitrogen and oxygen atoms in total. The molecule has 0 unspecified atom stereocenters. The third kappa shape index (κ3) is 2.20. The fourth-order valence-corrected chi connectivity index (χ4v) is 2.46. The molecule has 0 aromatic rings. The van der Waals surface area contributed by atoms with Gasteiger partial charge in [0.25, 0.3) is 0 Å². The average Bonchev–Trinajstić information content (AvgIpc) is 2.51. The van der Waals surface area contributed by atoms with Gasteiger partial charge in [0.05, 0.1) is 12.6 Å². The number of rotatable bonds is 5. The Labute approximate surface area is 92.6 Å². The monoisotopic (exact) mass is 216 g/mol. The van der Waals surface area contributed by atoms with E-state index in [0.29, 0.717) is 6.61 Å². The average molecular weight is 216 g/mol. The van der Waals surface area contributed by atoms with Crippen molar-refractivity contribution in [1.82, 2.24) is 0 Å². The second-order valence-electron chi connectivity index (χ2n) is 4.03. The van der Waals surface area contributed by atoms with E-state index in [4.69, 9.17) is 18.9 Å². The lowest BCUT2D eigenvalue weighted by Crippen LogP contribution is -2.47. The molecule has 0 aromatic carbocycles. The first-order valence-corrected chi connectivity index (χ1v) is 5.37. The molecule has 1 heterocycles. The van der Waals surface area contributed by atoms with Gasteiger partial charge in [-0.3, -0.25) is 0 Å². The van der Waals surface area contributed by atoms with E-state index in [0.717, 1.165) is 6.42 Å². The normalized spacial score (nSPS) is 40.9. The molecular formula is C10H21BO4. The Morgan fingerprint density at radius 2 is 1.93 bits per heavy atom. The summed E-state index contributed by atoms with van der Waals surface area (Å²) in [5.41, 5.74) is -0.371. The van der Waals surface area contributed by atoms with Gasteiger partial charge in [0.15, 0.2) is 0 Å². The summed E-state index contributed by atoms with van der Waals surface area (Å²) in [7, 11) is 7.07. The Bertz CT molecular complexity index is 202. The highest BCUT2D eigenvalue weighted by Gasteiger charge is 2.53. The van der Waals surface area contributed by atoms with Crippen LogP contribution < -0.4 is 0 Å². The number of hydrogen-bond acceptors (Lipinski definition) is 4. The van der Waals surface area contributed by atoms with Gasteiger partial charge >= 0.3 is 0 Å². The first-order chi connectivity index (χ1) is 7.15. The molecule has 1 aliphatic rings. The Kier molecular flexibility index (Phi) is 4.58. The zero-order valence-corrected chi connectivity index (χ0v) is 10.3. The van der Waals surface area contributed by atoms with E-state index < -0.39 is 0 Å². The molecule has 5 heteroatoms. The van der Waals surface area contributed by atoms with Crippen LogP contribution in [0.15, 0.2) is 0 Å². The summed E-state index contributed by atoms with van der Waals surface area (Å²) in [6.07, 6.45) is 0.761. The van der Waals surface area contributed by atoms with Crippen LogP contribution in [0.5, 0.6) is 0 Å². The molecule has 0 aliphatic carbocycles. The van der Waals surface area contributed by atoms with Crippen LogP contribution >= 0.6 is 0 Å². The fourth-order valence-electron chi connectivity index (χ4n) is 2.46. The maximum absolute atomic E-state index is 5.97. The quantitative estimate of drug-likeness (QED) is 0.596. The Morgan fingerprint density at radius 1 is 1.27 bits per heavy atom. The van der Waals surface area contributed by atoms with Gasteiger partial charge in [-0.15, -0.1) is 0 Å². The molecule has 0 aromatic heterocycles. The van der Waals surface area contributed by atoms with Gasteiger partial charge in [-0.2, -0.15) is 0 Å². The molecule has 15 heavy (non-hydrogen) atoms. The summed E-state index contributed by atoms with van der Waals surface area (Å²) in [4.78, 5) is 0. The Hall–Kier alpha value is -0.0951. The van der Waals surface area contributed by atoms with Crippen LogP contribution in [-0.2, 0) is 18.9 Å². The molecule has 0 N–H and O–H groups in total. The second-order valence-corrected chi connectivity index (χ2v) is 4.03. The fraction of sp³-hybridized carbons (Fsp3) is 1.00. The molecule has 1 fully saturated rings. The highest BCUT2D eigenvalue weighted by atomic mass is 16.6. The lowest BCUT2D eigenvalue weighted by molar-refractivity contribution is -0.122. The largest absolute Gasteiger partial charge is 0.382 e. The first kappa shape index (κ1) is 13.0. The lowest BCUT2D eigenvalue weighted by atomic mass is 9.88. The zero-order valence-electron chi connectivity index (χ0n) is 10.3. The summed E-state index contributed by atoms with van der Waals surface area (Å²) in [5, 5.41) is 0. The van der Waals surface area contributed by atoms with E-state index in [-0.39, 0.29) is 23.8 Å². The van der Waals surface area contributed by atoms with Gasteiger partial charge < -0.3 is 18.9 Å². The van der Waals surface area contributed by atoms with Crippen LogP contribution in [0.3, 0.4) is 0 Å². The highest BCUT2D eigenvalue weighted by molar-refractivity contribution is 6.11. The third-order valence-corrected chi connectivity index (χ3v) is 3.21. The van der Waals surface area contributed by atoms with Crippen molar-refractivity contribution >= 4 is 7.85 Å². The third-order valence-electron chi connectivity index (χ3n) is 3.21. The van der Waals surface area contributed by atoms with Crippen molar-refractivity contribution in [3.8, 4) is 0 Å². The van der Waals surface area contributed by atoms with Crippen LogP contribution in [0.1, 0.15) is 13.3 Å². The molecule has 0 radical (unpaired) electrons. The van der Waals surface area contributed by atoms with Gasteiger partial charge in [-0.1, -0.05) is 6.92 Å². The van der Waals surface area contributed by atoms with Crippen LogP contribution in [0.2, 0.25) is 0 Å². The second kappa shape index (κ2) is 5.30. The number of hydrogen-bond donors (Lipinski definition) is 0. The summed E-state index contributed by atoms with van der Waals surface area (Å²) in [5.74, 6) is 0. The molecule has 88 valence electrons. The molecule has 0 saturated carbocycles. The maximum atomic E-state index is 5.97. The zero-order chi connectivity index (χ0) is 11.5. The predicted molar refractivity (Wildman–Crippen MR) is 59.9 cm³/mol. The van der Waals surface area contributed by atoms with Crippen molar-refractivity contribution in [3.05, 3.63) is 0 Å². The van der Waals surface area contributed by atoms with Crippen molar-refractivity contribution in [2.24, 2.45) is 0 Å². The Morgan fingerprint density at radius 3 is 2.33 bits per heavy atom. The smallest absolute Gasteiger partial charge is 0.142 e. The van der Waals surface area contributed by atoms with Crippen LogP contribution in [0.4, 0.5) is 0 Å². The van der Waals surface area contributed by atoms with E-state index >= 15 is 0 Å². The van der Waals surface area contributed by atoms with Gasteiger partial charge in [0, 0.05) is 21.3 Å². The minimum Gasteiger partial charge on any atom is -0.382 e. The SMILES string of the molecule is B[C@H]1O[C@@](CC)(COC)[C@H](OC)[C@@H]1OC. The first-order valence-electron chi connectivity index (χ1n) is 5.37. The van der Waals surface area contributed by atoms with Gasteiger partial charge in [-0.05, 0) is 6.42 Å². The van der Waals surface area contributed by atoms with E-state index in [1.807, 2.05) is 7.85 Å². The van der Waals surface area contributed by atoms with Crippen molar-refractivity contribution < 1.29 is 18.9 Å². The highest BCUT2D eigenvalue weighted by Crippen LogP contribution is 2.36. The standard InChI is InChI=1S/C10H21BO4/c1-5-10(6-12-2)8(14-4)7(13-3)9(11)15-10/h7-9H,5-6,11H2,1-4H3/t7-,8+,9-,10-/m0/s1. The topological polar surface area (TPSA) is 36.9 Å². The van der Waals surface area contributed by atoms with Crippen LogP contribution in [0, 0.1) is 0 Å². The Balaban J connectivity index is 2.87. The van der Waals surface area contributed by atoms with E-state index in [9.17, 15) is 0 Å². The molecule has 0 amide bonds. The van der Waals surface area contributed by atoms with Crippen molar-refractivity contribution in [2.75, 3.05) is 27.9 Å². The van der Waals surface area contributed by atoms with Crippen molar-refractivity contribution in [2.45, 2.75) is 37.2 Å². The summed E-state index contributed by atoms with van der Waals surface area (Å²) >= 11 is 0. The summed E-state index contributed by atoms with van der Waals surface area (Å²) < 4.78 is 22.1. The van der Waals surface area contributed by atoms with Crippen molar-refractivity contribution in [1.29, 1.82) is 0 Å².